The molecule has 0 saturated carbocycles. The molecule has 1 aliphatic heterocycles. The molecule has 182 valence electrons. The van der Waals surface area contributed by atoms with Crippen molar-refractivity contribution in [3.8, 4) is 0 Å². The zero-order chi connectivity index (χ0) is 24.8. The standard InChI is InChI=1S/C29H33N3O3/c1-3-4-18-30-28(34)21(2)32(20-22-11-6-5-7-12-22)26(33)17-10-19-31-25-16-9-14-23-13-8-15-24(27(23)25)29(31)35/h5-9,11-16,21H,3-4,10,17-20H2,1-2H3,(H,30,34). The zero-order valence-electron chi connectivity index (χ0n) is 20.5. The van der Waals surface area contributed by atoms with Crippen LogP contribution in [0.25, 0.3) is 10.8 Å². The second-order valence-corrected chi connectivity index (χ2v) is 9.07. The third kappa shape index (κ3) is 5.37. The molecule has 1 N–H and O–H groups in total. The Morgan fingerprint density at radius 1 is 0.971 bits per heavy atom. The lowest BCUT2D eigenvalue weighted by molar-refractivity contribution is -0.140. The van der Waals surface area contributed by atoms with Crippen LogP contribution < -0.4 is 10.2 Å². The van der Waals surface area contributed by atoms with Crippen LogP contribution in [-0.2, 0) is 16.1 Å². The Kier molecular flexibility index (Phi) is 7.80. The first kappa shape index (κ1) is 24.5. The Hall–Kier alpha value is -3.67. The average Bonchev–Trinajstić information content (AvgIpc) is 3.15. The number of rotatable bonds is 11. The highest BCUT2D eigenvalue weighted by Gasteiger charge is 2.30. The van der Waals surface area contributed by atoms with Gasteiger partial charge in [0.25, 0.3) is 5.91 Å². The minimum Gasteiger partial charge on any atom is -0.354 e. The van der Waals surface area contributed by atoms with Crippen LogP contribution in [0.3, 0.4) is 0 Å². The quantitative estimate of drug-likeness (QED) is 0.404. The van der Waals surface area contributed by atoms with E-state index < -0.39 is 6.04 Å². The van der Waals surface area contributed by atoms with Crippen LogP contribution in [0.15, 0.2) is 66.7 Å². The van der Waals surface area contributed by atoms with Gasteiger partial charge in [-0.2, -0.15) is 0 Å². The normalized spacial score (nSPS) is 13.2. The number of amides is 3. The number of nitrogens with one attached hydrogen (secondary N) is 1. The Morgan fingerprint density at radius 3 is 2.46 bits per heavy atom. The van der Waals surface area contributed by atoms with Crippen LogP contribution in [0.2, 0.25) is 0 Å². The smallest absolute Gasteiger partial charge is 0.258 e. The fraction of sp³-hybridized carbons (Fsp3) is 0.345. The molecule has 0 fully saturated rings. The predicted octanol–water partition coefficient (Wildman–Crippen LogP) is 4.91. The SMILES string of the molecule is CCCCNC(=O)C(C)N(Cc1ccccc1)C(=O)CCCN1C(=O)c2cccc3cccc1c23. The zero-order valence-corrected chi connectivity index (χ0v) is 20.5. The molecule has 3 aromatic rings. The van der Waals surface area contributed by atoms with E-state index in [1.54, 1.807) is 16.7 Å². The van der Waals surface area contributed by atoms with Crippen LogP contribution >= 0.6 is 0 Å². The Labute approximate surface area is 206 Å². The molecule has 0 spiro atoms. The van der Waals surface area contributed by atoms with Crippen LogP contribution in [0.4, 0.5) is 5.69 Å². The van der Waals surface area contributed by atoms with Crippen molar-refractivity contribution in [2.24, 2.45) is 0 Å². The maximum atomic E-state index is 13.3. The molecule has 1 heterocycles. The van der Waals surface area contributed by atoms with Gasteiger partial charge in [0.05, 0.1) is 5.69 Å². The lowest BCUT2D eigenvalue weighted by Gasteiger charge is -2.29. The molecular formula is C29H33N3O3. The highest BCUT2D eigenvalue weighted by Crippen LogP contribution is 2.37. The number of hydrogen-bond acceptors (Lipinski definition) is 3. The minimum absolute atomic E-state index is 0.0194. The summed E-state index contributed by atoms with van der Waals surface area (Å²) in [4.78, 5) is 42.5. The molecule has 6 heteroatoms. The van der Waals surface area contributed by atoms with E-state index in [-0.39, 0.29) is 24.1 Å². The van der Waals surface area contributed by atoms with Crippen molar-refractivity contribution in [2.75, 3.05) is 18.0 Å². The lowest BCUT2D eigenvalue weighted by atomic mass is 10.1. The molecule has 1 atom stereocenters. The van der Waals surface area contributed by atoms with E-state index in [1.165, 1.54) is 0 Å². The van der Waals surface area contributed by atoms with Gasteiger partial charge in [0.15, 0.2) is 0 Å². The van der Waals surface area contributed by atoms with Crippen LogP contribution in [0.1, 0.15) is 55.5 Å². The van der Waals surface area contributed by atoms with Crippen LogP contribution in [0.5, 0.6) is 0 Å². The molecular weight excluding hydrogens is 438 g/mol. The second-order valence-electron chi connectivity index (χ2n) is 9.07. The van der Waals surface area contributed by atoms with E-state index >= 15 is 0 Å². The van der Waals surface area contributed by atoms with E-state index in [4.69, 9.17) is 0 Å². The Morgan fingerprint density at radius 2 is 1.71 bits per heavy atom. The Bertz CT molecular complexity index is 1200. The molecule has 0 aromatic heterocycles. The van der Waals surface area contributed by atoms with Gasteiger partial charge >= 0.3 is 0 Å². The maximum Gasteiger partial charge on any atom is 0.258 e. The first-order valence-corrected chi connectivity index (χ1v) is 12.5. The van der Waals surface area contributed by atoms with Crippen LogP contribution in [-0.4, -0.2) is 41.8 Å². The van der Waals surface area contributed by atoms with Gasteiger partial charge in [-0.3, -0.25) is 14.4 Å². The first-order chi connectivity index (χ1) is 17.0. The number of carbonyl (C=O) groups is 3. The number of anilines is 1. The molecule has 3 amide bonds. The molecule has 4 rings (SSSR count). The van der Waals surface area contributed by atoms with Crippen molar-refractivity contribution in [2.45, 2.75) is 52.1 Å². The summed E-state index contributed by atoms with van der Waals surface area (Å²) < 4.78 is 0. The topological polar surface area (TPSA) is 69.7 Å². The molecule has 0 radical (unpaired) electrons. The fourth-order valence-corrected chi connectivity index (χ4v) is 4.63. The van der Waals surface area contributed by atoms with Gasteiger partial charge < -0.3 is 15.1 Å². The van der Waals surface area contributed by atoms with E-state index in [0.717, 1.165) is 34.9 Å². The first-order valence-electron chi connectivity index (χ1n) is 12.5. The van der Waals surface area contributed by atoms with Gasteiger partial charge in [-0.25, -0.2) is 0 Å². The third-order valence-corrected chi connectivity index (χ3v) is 6.61. The van der Waals surface area contributed by atoms with Crippen molar-refractivity contribution in [1.82, 2.24) is 10.2 Å². The van der Waals surface area contributed by atoms with Gasteiger partial charge in [-0.05, 0) is 42.8 Å². The number of benzene rings is 3. The largest absolute Gasteiger partial charge is 0.354 e. The molecule has 35 heavy (non-hydrogen) atoms. The van der Waals surface area contributed by atoms with Gasteiger partial charge in [-0.15, -0.1) is 0 Å². The summed E-state index contributed by atoms with van der Waals surface area (Å²) >= 11 is 0. The molecule has 0 aliphatic carbocycles. The van der Waals surface area contributed by atoms with Crippen molar-refractivity contribution in [3.63, 3.8) is 0 Å². The highest BCUT2D eigenvalue weighted by atomic mass is 16.2. The molecule has 1 unspecified atom stereocenters. The van der Waals surface area contributed by atoms with Gasteiger partial charge in [0.1, 0.15) is 6.04 Å². The summed E-state index contributed by atoms with van der Waals surface area (Å²) in [6, 6.07) is 20.8. The molecule has 3 aromatic carbocycles. The summed E-state index contributed by atoms with van der Waals surface area (Å²) in [5.41, 5.74) is 2.60. The lowest BCUT2D eigenvalue weighted by Crippen LogP contribution is -2.47. The number of carbonyl (C=O) groups excluding carboxylic acids is 3. The number of nitrogens with zero attached hydrogens (tertiary/aromatic N) is 2. The number of hydrogen-bond donors (Lipinski definition) is 1. The second kappa shape index (κ2) is 11.2. The monoisotopic (exact) mass is 471 g/mol. The molecule has 1 aliphatic rings. The summed E-state index contributed by atoms with van der Waals surface area (Å²) in [5.74, 6) is -0.247. The number of unbranched alkanes of at least 4 members (excludes halogenated alkanes) is 1. The molecule has 0 saturated heterocycles. The highest BCUT2D eigenvalue weighted by molar-refractivity contribution is 6.25. The van der Waals surface area contributed by atoms with Crippen molar-refractivity contribution in [1.29, 1.82) is 0 Å². The van der Waals surface area contributed by atoms with Crippen LogP contribution in [0, 0.1) is 0 Å². The summed E-state index contributed by atoms with van der Waals surface area (Å²) in [6.45, 7) is 5.29. The molecule has 6 nitrogen and oxygen atoms in total. The predicted molar refractivity (Wildman–Crippen MR) is 139 cm³/mol. The summed E-state index contributed by atoms with van der Waals surface area (Å²) in [5, 5.41) is 4.97. The maximum absolute atomic E-state index is 13.3. The van der Waals surface area contributed by atoms with Crippen molar-refractivity contribution < 1.29 is 14.4 Å². The Balaban J connectivity index is 1.43. The van der Waals surface area contributed by atoms with E-state index in [2.05, 4.69) is 12.2 Å². The van der Waals surface area contributed by atoms with E-state index in [9.17, 15) is 14.4 Å². The fourth-order valence-electron chi connectivity index (χ4n) is 4.63. The van der Waals surface area contributed by atoms with Gasteiger partial charge in [0.2, 0.25) is 11.8 Å². The molecule has 0 bridgehead atoms. The van der Waals surface area contributed by atoms with Crippen molar-refractivity contribution >= 4 is 34.2 Å². The van der Waals surface area contributed by atoms with E-state index in [0.29, 0.717) is 31.6 Å². The minimum atomic E-state index is -0.578. The summed E-state index contributed by atoms with van der Waals surface area (Å²) in [6.07, 6.45) is 2.68. The van der Waals surface area contributed by atoms with Gasteiger partial charge in [0, 0.05) is 37.0 Å². The van der Waals surface area contributed by atoms with E-state index in [1.807, 2.05) is 66.7 Å². The third-order valence-electron chi connectivity index (χ3n) is 6.61. The van der Waals surface area contributed by atoms with Crippen molar-refractivity contribution in [3.05, 3.63) is 77.9 Å². The van der Waals surface area contributed by atoms with Gasteiger partial charge in [-0.1, -0.05) is 67.9 Å². The average molecular weight is 472 g/mol. The summed E-state index contributed by atoms with van der Waals surface area (Å²) in [7, 11) is 0.